The van der Waals surface area contributed by atoms with Crippen molar-refractivity contribution in [1.29, 1.82) is 0 Å². The quantitative estimate of drug-likeness (QED) is 0.827. The molecule has 1 rings (SSSR count). The van der Waals surface area contributed by atoms with Crippen LogP contribution in [0.1, 0.15) is 37.8 Å². The van der Waals surface area contributed by atoms with E-state index in [1.165, 1.54) is 25.0 Å². The molecule has 4 nitrogen and oxygen atoms in total. The molecular formula is C15H21NO3. The number of amides is 1. The van der Waals surface area contributed by atoms with Gasteiger partial charge in [0.05, 0.1) is 0 Å². The number of hydrogen-bond acceptors (Lipinski definition) is 2. The third-order valence-electron chi connectivity index (χ3n) is 2.98. The highest BCUT2D eigenvalue weighted by Crippen LogP contribution is 2.08. The average molecular weight is 263 g/mol. The van der Waals surface area contributed by atoms with Crippen molar-refractivity contribution >= 4 is 11.9 Å². The Morgan fingerprint density at radius 2 is 1.79 bits per heavy atom. The zero-order valence-corrected chi connectivity index (χ0v) is 11.7. The summed E-state index contributed by atoms with van der Waals surface area (Å²) in [5, 5.41) is 11.4. The van der Waals surface area contributed by atoms with Crippen LogP contribution in [0.4, 0.5) is 0 Å². The molecule has 0 fully saturated rings. The average Bonchev–Trinajstić information content (AvgIpc) is 2.31. The van der Waals surface area contributed by atoms with Crippen LogP contribution in [0.3, 0.4) is 0 Å². The summed E-state index contributed by atoms with van der Waals surface area (Å²) in [6.45, 7) is 4.99. The van der Waals surface area contributed by atoms with Gasteiger partial charge in [-0.15, -0.1) is 0 Å². The van der Waals surface area contributed by atoms with Gasteiger partial charge >= 0.3 is 5.97 Å². The molecule has 0 aliphatic carbocycles. The second kappa shape index (κ2) is 6.36. The molecule has 0 heterocycles. The highest BCUT2D eigenvalue weighted by Gasteiger charge is 2.28. The van der Waals surface area contributed by atoms with E-state index in [1.54, 1.807) is 0 Å². The van der Waals surface area contributed by atoms with E-state index in [1.807, 2.05) is 19.1 Å². The molecule has 0 saturated heterocycles. The molecule has 1 amide bonds. The van der Waals surface area contributed by atoms with Crippen LogP contribution in [0.2, 0.25) is 0 Å². The minimum absolute atomic E-state index is 0.223. The molecule has 0 aliphatic heterocycles. The normalized spacial score (nSPS) is 11.1. The van der Waals surface area contributed by atoms with Crippen LogP contribution in [0, 0.1) is 6.92 Å². The Morgan fingerprint density at radius 3 is 2.32 bits per heavy atom. The highest BCUT2D eigenvalue weighted by atomic mass is 16.4. The van der Waals surface area contributed by atoms with Crippen LogP contribution >= 0.6 is 0 Å². The molecule has 0 aromatic heterocycles. The predicted molar refractivity (Wildman–Crippen MR) is 74.0 cm³/mol. The lowest BCUT2D eigenvalue weighted by atomic mass is 10.0. The number of aliphatic carboxylic acids is 1. The fourth-order valence-electron chi connectivity index (χ4n) is 1.67. The molecule has 0 radical (unpaired) electrons. The Bertz CT molecular complexity index is 449. The van der Waals surface area contributed by atoms with Crippen LogP contribution in [0.5, 0.6) is 0 Å². The number of carboxylic acids is 1. The molecule has 0 saturated carbocycles. The van der Waals surface area contributed by atoms with Crippen molar-refractivity contribution in [3.63, 3.8) is 0 Å². The van der Waals surface area contributed by atoms with Gasteiger partial charge in [-0.05, 0) is 39.2 Å². The molecule has 2 N–H and O–H groups in total. The zero-order chi connectivity index (χ0) is 14.5. The van der Waals surface area contributed by atoms with Gasteiger partial charge in [-0.25, -0.2) is 4.79 Å². The van der Waals surface area contributed by atoms with E-state index in [4.69, 9.17) is 5.11 Å². The second-order valence-corrected chi connectivity index (χ2v) is 5.32. The first-order valence-corrected chi connectivity index (χ1v) is 6.41. The summed E-state index contributed by atoms with van der Waals surface area (Å²) in [6.07, 6.45) is 1.87. The molecule has 0 spiro atoms. The Labute approximate surface area is 113 Å². The molecule has 4 heteroatoms. The third-order valence-corrected chi connectivity index (χ3v) is 2.98. The van der Waals surface area contributed by atoms with Gasteiger partial charge < -0.3 is 10.4 Å². The zero-order valence-electron chi connectivity index (χ0n) is 11.7. The van der Waals surface area contributed by atoms with E-state index in [-0.39, 0.29) is 5.91 Å². The lowest BCUT2D eigenvalue weighted by Gasteiger charge is -2.20. The van der Waals surface area contributed by atoms with E-state index >= 15 is 0 Å². The first-order valence-electron chi connectivity index (χ1n) is 6.41. The van der Waals surface area contributed by atoms with Gasteiger partial charge in [0.2, 0.25) is 5.91 Å². The molecule has 0 bridgehead atoms. The van der Waals surface area contributed by atoms with E-state index in [2.05, 4.69) is 17.4 Å². The Balaban J connectivity index is 2.35. The summed E-state index contributed by atoms with van der Waals surface area (Å²) >= 11 is 0. The fourth-order valence-corrected chi connectivity index (χ4v) is 1.67. The number of nitrogens with one attached hydrogen (secondary N) is 1. The Hall–Kier alpha value is -1.84. The second-order valence-electron chi connectivity index (χ2n) is 5.32. The van der Waals surface area contributed by atoms with E-state index in [9.17, 15) is 9.59 Å². The van der Waals surface area contributed by atoms with Gasteiger partial charge in [0.25, 0.3) is 0 Å². The smallest absolute Gasteiger partial charge is 0.328 e. The van der Waals surface area contributed by atoms with Gasteiger partial charge in [0, 0.05) is 6.42 Å². The van der Waals surface area contributed by atoms with Crippen molar-refractivity contribution in [2.75, 3.05) is 0 Å². The van der Waals surface area contributed by atoms with Crippen molar-refractivity contribution in [3.8, 4) is 0 Å². The summed E-state index contributed by atoms with van der Waals surface area (Å²) in [6, 6.07) is 8.19. The molecular weight excluding hydrogens is 242 g/mol. The first kappa shape index (κ1) is 15.2. The molecule has 1 aromatic rings. The van der Waals surface area contributed by atoms with Crippen molar-refractivity contribution < 1.29 is 14.7 Å². The van der Waals surface area contributed by atoms with Crippen molar-refractivity contribution in [1.82, 2.24) is 5.32 Å². The topological polar surface area (TPSA) is 66.4 Å². The maximum atomic E-state index is 11.6. The minimum Gasteiger partial charge on any atom is -0.480 e. The predicted octanol–water partition coefficient (Wildman–Crippen LogP) is 2.30. The summed E-state index contributed by atoms with van der Waals surface area (Å²) in [5.41, 5.74) is 1.20. The van der Waals surface area contributed by atoms with Crippen LogP contribution in [0.15, 0.2) is 24.3 Å². The summed E-state index contributed by atoms with van der Waals surface area (Å²) in [7, 11) is 0. The van der Waals surface area contributed by atoms with Crippen molar-refractivity contribution in [3.05, 3.63) is 35.4 Å². The fraction of sp³-hybridized carbons (Fsp3) is 0.467. The summed E-state index contributed by atoms with van der Waals surface area (Å²) in [5.74, 6) is -1.25. The van der Waals surface area contributed by atoms with E-state index in [0.29, 0.717) is 12.8 Å². The van der Waals surface area contributed by atoms with Crippen molar-refractivity contribution in [2.45, 2.75) is 45.6 Å². The third kappa shape index (κ3) is 5.12. The van der Waals surface area contributed by atoms with E-state index in [0.717, 1.165) is 6.42 Å². The monoisotopic (exact) mass is 263 g/mol. The standard InChI is InChI=1S/C15H21NO3/c1-11-7-9-12(10-8-11)5-4-6-13(17)16-15(2,3)14(18)19/h7-10H,4-6H2,1-3H3,(H,16,17)(H,18,19). The van der Waals surface area contributed by atoms with Gasteiger partial charge in [0.1, 0.15) is 5.54 Å². The van der Waals surface area contributed by atoms with E-state index < -0.39 is 11.5 Å². The van der Waals surface area contributed by atoms with Crippen LogP contribution in [-0.4, -0.2) is 22.5 Å². The molecule has 104 valence electrons. The highest BCUT2D eigenvalue weighted by molar-refractivity contribution is 5.86. The van der Waals surface area contributed by atoms with Gasteiger partial charge in [-0.2, -0.15) is 0 Å². The number of carboxylic acid groups (broad SMARTS) is 1. The number of hydrogen-bond donors (Lipinski definition) is 2. The number of aryl methyl sites for hydroxylation is 2. The number of carbonyl (C=O) groups excluding carboxylic acids is 1. The molecule has 0 aliphatic rings. The molecule has 0 unspecified atom stereocenters. The summed E-state index contributed by atoms with van der Waals surface area (Å²) in [4.78, 5) is 22.5. The molecule has 19 heavy (non-hydrogen) atoms. The maximum absolute atomic E-state index is 11.6. The molecule has 0 atom stereocenters. The Kier molecular flexibility index (Phi) is 5.10. The lowest BCUT2D eigenvalue weighted by Crippen LogP contribution is -2.49. The van der Waals surface area contributed by atoms with Crippen LogP contribution < -0.4 is 5.32 Å². The molecule has 1 aromatic carbocycles. The SMILES string of the molecule is Cc1ccc(CCCC(=O)NC(C)(C)C(=O)O)cc1. The summed E-state index contributed by atoms with van der Waals surface area (Å²) < 4.78 is 0. The first-order chi connectivity index (χ1) is 8.81. The minimum atomic E-state index is -1.21. The number of rotatable bonds is 6. The Morgan fingerprint density at radius 1 is 1.21 bits per heavy atom. The van der Waals surface area contributed by atoms with Gasteiger partial charge in [-0.1, -0.05) is 29.8 Å². The number of carbonyl (C=O) groups is 2. The van der Waals surface area contributed by atoms with Crippen LogP contribution in [-0.2, 0) is 16.0 Å². The van der Waals surface area contributed by atoms with Crippen LogP contribution in [0.25, 0.3) is 0 Å². The van der Waals surface area contributed by atoms with Crippen molar-refractivity contribution in [2.24, 2.45) is 0 Å². The maximum Gasteiger partial charge on any atom is 0.328 e. The number of benzene rings is 1. The van der Waals surface area contributed by atoms with Gasteiger partial charge in [0.15, 0.2) is 0 Å². The lowest BCUT2D eigenvalue weighted by molar-refractivity contribution is -0.146. The largest absolute Gasteiger partial charge is 0.480 e. The van der Waals surface area contributed by atoms with Gasteiger partial charge in [-0.3, -0.25) is 4.79 Å².